The lowest BCUT2D eigenvalue weighted by Gasteiger charge is -2.19. The van der Waals surface area contributed by atoms with Gasteiger partial charge in [-0.3, -0.25) is 0 Å². The molecule has 4 aromatic carbocycles. The van der Waals surface area contributed by atoms with Crippen molar-refractivity contribution in [2.24, 2.45) is 0 Å². The maximum atomic E-state index is 12.2. The molecule has 0 aromatic heterocycles. The summed E-state index contributed by atoms with van der Waals surface area (Å²) >= 11 is 0. The molecule has 4 aromatic rings. The number of fused-ring (bicyclic) bond motifs is 1. The minimum Gasteiger partial charge on any atom is -0.478 e. The van der Waals surface area contributed by atoms with Crippen molar-refractivity contribution in [2.45, 2.75) is 39.0 Å². The third kappa shape index (κ3) is 4.69. The van der Waals surface area contributed by atoms with Crippen molar-refractivity contribution in [1.29, 1.82) is 0 Å². The van der Waals surface area contributed by atoms with Crippen LogP contribution in [0, 0.1) is 0 Å². The Morgan fingerprint density at radius 2 is 1.42 bits per heavy atom. The highest BCUT2D eigenvalue weighted by molar-refractivity contribution is 5.99. The highest BCUT2D eigenvalue weighted by Gasteiger charge is 2.20. The molecular formula is C29H28O2. The number of hydrogen-bond donors (Lipinski definition) is 1. The molecule has 1 N–H and O–H groups in total. The molecule has 0 bridgehead atoms. The van der Waals surface area contributed by atoms with E-state index in [-0.39, 0.29) is 0 Å². The van der Waals surface area contributed by atoms with Crippen molar-refractivity contribution >= 4 is 16.7 Å². The molecule has 0 unspecified atom stereocenters. The van der Waals surface area contributed by atoms with E-state index in [1.807, 2.05) is 30.3 Å². The van der Waals surface area contributed by atoms with Crippen LogP contribution >= 0.6 is 0 Å². The number of carbonyl (C=O) groups is 1. The van der Waals surface area contributed by atoms with Gasteiger partial charge in [-0.15, -0.1) is 0 Å². The fourth-order valence-corrected chi connectivity index (χ4v) is 4.45. The molecule has 0 amide bonds. The summed E-state index contributed by atoms with van der Waals surface area (Å²) in [7, 11) is 0. The number of aromatic carboxylic acids is 1. The molecule has 156 valence electrons. The van der Waals surface area contributed by atoms with E-state index in [0.717, 1.165) is 43.1 Å². The van der Waals surface area contributed by atoms with Crippen molar-refractivity contribution in [3.05, 3.63) is 118 Å². The van der Waals surface area contributed by atoms with Gasteiger partial charge in [0.1, 0.15) is 0 Å². The van der Waals surface area contributed by atoms with Crippen LogP contribution in [-0.2, 0) is 19.3 Å². The van der Waals surface area contributed by atoms with E-state index >= 15 is 0 Å². The van der Waals surface area contributed by atoms with Gasteiger partial charge in [0.2, 0.25) is 0 Å². The summed E-state index contributed by atoms with van der Waals surface area (Å²) in [5, 5.41) is 12.2. The van der Waals surface area contributed by atoms with Gasteiger partial charge in [-0.25, -0.2) is 4.79 Å². The normalized spacial score (nSPS) is 11.0. The lowest BCUT2D eigenvalue weighted by atomic mass is 9.85. The maximum Gasteiger partial charge on any atom is 0.335 e. The molecule has 0 saturated heterocycles. The zero-order valence-corrected chi connectivity index (χ0v) is 18.0. The lowest BCUT2D eigenvalue weighted by molar-refractivity contribution is 0.0695. The molecule has 0 heterocycles. The fraction of sp³-hybridized carbons (Fsp3) is 0.207. The molecule has 0 aliphatic heterocycles. The zero-order valence-electron chi connectivity index (χ0n) is 18.0. The monoisotopic (exact) mass is 408 g/mol. The molecule has 0 atom stereocenters. The van der Waals surface area contributed by atoms with Gasteiger partial charge in [0, 0.05) is 0 Å². The zero-order chi connectivity index (χ0) is 21.6. The van der Waals surface area contributed by atoms with Crippen LogP contribution in [0.15, 0.2) is 84.9 Å². The van der Waals surface area contributed by atoms with Crippen molar-refractivity contribution in [2.75, 3.05) is 0 Å². The first-order chi connectivity index (χ1) is 15.2. The van der Waals surface area contributed by atoms with Gasteiger partial charge in [0.05, 0.1) is 5.56 Å². The van der Waals surface area contributed by atoms with E-state index < -0.39 is 5.97 Å². The summed E-state index contributed by atoms with van der Waals surface area (Å²) in [6.45, 7) is 2.15. The van der Waals surface area contributed by atoms with Crippen LogP contribution in [0.25, 0.3) is 10.8 Å². The Morgan fingerprint density at radius 1 is 0.774 bits per heavy atom. The average Bonchev–Trinajstić information content (AvgIpc) is 2.79. The van der Waals surface area contributed by atoms with Crippen LogP contribution in [0.5, 0.6) is 0 Å². The van der Waals surface area contributed by atoms with E-state index in [2.05, 4.69) is 61.5 Å². The molecule has 2 nitrogen and oxygen atoms in total. The molecule has 0 radical (unpaired) electrons. The topological polar surface area (TPSA) is 37.3 Å². The van der Waals surface area contributed by atoms with Crippen molar-refractivity contribution < 1.29 is 9.90 Å². The van der Waals surface area contributed by atoms with E-state index in [9.17, 15) is 9.90 Å². The van der Waals surface area contributed by atoms with Gasteiger partial charge >= 0.3 is 5.97 Å². The molecule has 0 aliphatic carbocycles. The Bertz CT molecular complexity index is 1180. The maximum absolute atomic E-state index is 12.2. The van der Waals surface area contributed by atoms with Gasteiger partial charge in [-0.2, -0.15) is 0 Å². The Morgan fingerprint density at radius 3 is 2.03 bits per heavy atom. The molecule has 0 saturated carbocycles. The van der Waals surface area contributed by atoms with Crippen molar-refractivity contribution in [3.63, 3.8) is 0 Å². The van der Waals surface area contributed by atoms with Crippen LogP contribution in [0.2, 0.25) is 0 Å². The predicted molar refractivity (Wildman–Crippen MR) is 128 cm³/mol. The van der Waals surface area contributed by atoms with Crippen molar-refractivity contribution in [1.82, 2.24) is 0 Å². The highest BCUT2D eigenvalue weighted by atomic mass is 16.4. The number of hydrogen-bond acceptors (Lipinski definition) is 1. The summed E-state index contributed by atoms with van der Waals surface area (Å²) in [5.74, 6) is -0.837. The van der Waals surface area contributed by atoms with Gasteiger partial charge in [-0.1, -0.05) is 92.2 Å². The van der Waals surface area contributed by atoms with Crippen LogP contribution in [-0.4, -0.2) is 11.1 Å². The number of carboxylic acid groups (broad SMARTS) is 1. The number of carboxylic acids is 1. The first-order valence-electron chi connectivity index (χ1n) is 11.0. The minimum atomic E-state index is -0.837. The number of unbranched alkanes of at least 4 members (excludes halogenated alkanes) is 1. The van der Waals surface area contributed by atoms with E-state index in [1.165, 1.54) is 27.6 Å². The van der Waals surface area contributed by atoms with E-state index in [4.69, 9.17) is 0 Å². The van der Waals surface area contributed by atoms with Crippen LogP contribution in [0.4, 0.5) is 0 Å². The molecule has 31 heavy (non-hydrogen) atoms. The average molecular weight is 409 g/mol. The smallest absolute Gasteiger partial charge is 0.335 e. The molecular weight excluding hydrogens is 380 g/mol. The number of benzene rings is 4. The summed E-state index contributed by atoms with van der Waals surface area (Å²) in [6, 6.07) is 29.0. The second kappa shape index (κ2) is 9.61. The second-order valence-electron chi connectivity index (χ2n) is 8.13. The first kappa shape index (κ1) is 20.9. The quantitative estimate of drug-likeness (QED) is 0.339. The van der Waals surface area contributed by atoms with E-state index in [1.54, 1.807) is 0 Å². The summed E-state index contributed by atoms with van der Waals surface area (Å²) in [5.41, 5.74) is 6.33. The Labute approximate surface area is 184 Å². The van der Waals surface area contributed by atoms with Gasteiger partial charge in [0.15, 0.2) is 0 Å². The molecule has 0 spiro atoms. The summed E-state index contributed by atoms with van der Waals surface area (Å²) < 4.78 is 0. The lowest BCUT2D eigenvalue weighted by Crippen LogP contribution is -2.09. The highest BCUT2D eigenvalue weighted by Crippen LogP contribution is 2.33. The van der Waals surface area contributed by atoms with Gasteiger partial charge < -0.3 is 5.11 Å². The third-order valence-electron chi connectivity index (χ3n) is 5.95. The molecule has 0 fully saturated rings. The van der Waals surface area contributed by atoms with Crippen LogP contribution < -0.4 is 0 Å². The summed E-state index contributed by atoms with van der Waals surface area (Å²) in [6.07, 6.45) is 4.38. The van der Waals surface area contributed by atoms with E-state index in [0.29, 0.717) is 5.56 Å². The molecule has 2 heteroatoms. The van der Waals surface area contributed by atoms with Gasteiger partial charge in [-0.05, 0) is 70.3 Å². The largest absolute Gasteiger partial charge is 0.478 e. The van der Waals surface area contributed by atoms with Crippen LogP contribution in [0.1, 0.15) is 57.9 Å². The Balaban J connectivity index is 1.96. The predicted octanol–water partition coefficient (Wildman–Crippen LogP) is 7.06. The van der Waals surface area contributed by atoms with Crippen LogP contribution in [0.3, 0.4) is 0 Å². The van der Waals surface area contributed by atoms with Gasteiger partial charge in [0.25, 0.3) is 0 Å². The SMILES string of the molecule is CCCCc1c(C(=O)O)cc2cccc(Cc3ccccc3)c2c1Cc1ccccc1. The Kier molecular flexibility index (Phi) is 6.47. The Hall–Kier alpha value is -3.39. The minimum absolute atomic E-state index is 0.448. The fourth-order valence-electron chi connectivity index (χ4n) is 4.45. The molecule has 4 rings (SSSR count). The third-order valence-corrected chi connectivity index (χ3v) is 5.95. The summed E-state index contributed by atoms with van der Waals surface area (Å²) in [4.78, 5) is 12.2. The standard InChI is InChI=1S/C29H28O2/c1-2-3-17-25-26(19-22-13-8-5-9-14-22)28-23(18-21-11-6-4-7-12-21)15-10-16-24(28)20-27(25)29(30)31/h4-16,20H,2-3,17-19H2,1H3,(H,30,31). The van der Waals surface area contributed by atoms with Crippen molar-refractivity contribution in [3.8, 4) is 0 Å². The number of rotatable bonds is 8. The molecule has 0 aliphatic rings. The second-order valence-corrected chi connectivity index (χ2v) is 8.13. The first-order valence-corrected chi connectivity index (χ1v) is 11.0.